The smallest absolute Gasteiger partial charge is 0.408 e. The molecule has 2 atom stereocenters. The Bertz CT molecular complexity index is 1050. The number of benzene rings is 1. The van der Waals surface area contributed by atoms with E-state index >= 15 is 0 Å². The Balaban J connectivity index is 3.53. The Labute approximate surface area is 242 Å². The summed E-state index contributed by atoms with van der Waals surface area (Å²) in [5.74, 6) is -2.94. The number of unbranched alkanes of at least 4 members (excludes halogenated alkanes) is 3. The van der Waals surface area contributed by atoms with Crippen LogP contribution in [0.3, 0.4) is 0 Å². The van der Waals surface area contributed by atoms with Crippen LogP contribution < -0.4 is 16.4 Å². The lowest BCUT2D eigenvalue weighted by atomic mass is 9.98. The molecule has 0 radical (unpaired) electrons. The van der Waals surface area contributed by atoms with Crippen LogP contribution in [0.25, 0.3) is 0 Å². The van der Waals surface area contributed by atoms with Gasteiger partial charge in [-0.3, -0.25) is 19.2 Å². The molecule has 0 saturated carbocycles. The van der Waals surface area contributed by atoms with Crippen molar-refractivity contribution in [2.24, 2.45) is 5.73 Å². The van der Waals surface area contributed by atoms with Crippen LogP contribution in [-0.2, 0) is 28.7 Å². The molecule has 1 rings (SSSR count). The lowest BCUT2D eigenvalue weighted by molar-refractivity contribution is -0.144. The van der Waals surface area contributed by atoms with Crippen LogP contribution in [0.15, 0.2) is 18.2 Å². The van der Waals surface area contributed by atoms with Gasteiger partial charge in [-0.2, -0.15) is 0 Å². The molecule has 1 aromatic rings. The molecule has 230 valence electrons. The maximum Gasteiger partial charge on any atom is 0.408 e. The largest absolute Gasteiger partial charge is 0.507 e. The van der Waals surface area contributed by atoms with Crippen molar-refractivity contribution in [3.05, 3.63) is 29.3 Å². The highest BCUT2D eigenvalue weighted by Gasteiger charge is 2.38. The lowest BCUT2D eigenvalue weighted by Gasteiger charge is -2.34. The number of phenolic OH excluding ortho intramolecular Hbond substituents is 1. The molecular formula is C29H46N4O8. The first-order valence-electron chi connectivity index (χ1n) is 14.0. The number of nitrogens with zero attached hydrogens (tertiary/aromatic N) is 1. The minimum Gasteiger partial charge on any atom is -0.507 e. The average Bonchev–Trinajstić information content (AvgIpc) is 2.86. The van der Waals surface area contributed by atoms with Crippen LogP contribution in [0.4, 0.5) is 4.79 Å². The predicted molar refractivity (Wildman–Crippen MR) is 153 cm³/mol. The van der Waals surface area contributed by atoms with Crippen LogP contribution in [0.5, 0.6) is 5.75 Å². The van der Waals surface area contributed by atoms with Gasteiger partial charge in [-0.25, -0.2) is 4.79 Å². The molecule has 0 aliphatic carbocycles. The van der Waals surface area contributed by atoms with Crippen LogP contribution in [0.2, 0.25) is 0 Å². The highest BCUT2D eigenvalue weighted by Crippen LogP contribution is 2.32. The number of esters is 1. The third-order valence-corrected chi connectivity index (χ3v) is 5.99. The number of hydrogen-bond acceptors (Lipinski definition) is 8. The number of phenols is 1. The number of rotatable bonds is 16. The van der Waals surface area contributed by atoms with Crippen LogP contribution in [0.1, 0.15) is 90.3 Å². The van der Waals surface area contributed by atoms with Crippen molar-refractivity contribution in [3.63, 3.8) is 0 Å². The van der Waals surface area contributed by atoms with E-state index in [4.69, 9.17) is 15.2 Å². The monoisotopic (exact) mass is 578 g/mol. The lowest BCUT2D eigenvalue weighted by Crippen LogP contribution is -2.54. The highest BCUT2D eigenvalue weighted by atomic mass is 16.6. The van der Waals surface area contributed by atoms with Crippen molar-refractivity contribution in [2.45, 2.75) is 97.8 Å². The number of nitrogens with one attached hydrogen (secondary N) is 2. The SMILES string of the molecule is CCCCCCN(C(=O)C(CC(N)=O)NC(=O)OC(C)(C)C)C(C(=O)NCCC(=O)OCC)c1cccc(C)c1O. The number of amides is 4. The van der Waals surface area contributed by atoms with Crippen molar-refractivity contribution in [3.8, 4) is 5.75 Å². The number of aryl methyl sites for hydroxylation is 1. The quantitative estimate of drug-likeness (QED) is 0.171. The molecular weight excluding hydrogens is 532 g/mol. The molecule has 12 nitrogen and oxygen atoms in total. The standard InChI is InChI=1S/C29H46N4O8/c1-7-9-10-11-17-33(27(38)21(18-22(30)34)32-28(39)41-29(4,5)6)24(20-14-12-13-19(3)25(20)36)26(37)31-16-15-23(35)40-8-2/h12-14,21,24,36H,7-11,15-18H2,1-6H3,(H2,30,34)(H,31,37)(H,32,39). The van der Waals surface area contributed by atoms with Crippen molar-refractivity contribution >= 4 is 29.8 Å². The normalized spacial score (nSPS) is 12.5. The van der Waals surface area contributed by atoms with Crippen LogP contribution >= 0.6 is 0 Å². The fourth-order valence-corrected chi connectivity index (χ4v) is 4.10. The van der Waals surface area contributed by atoms with Gasteiger partial charge in [0.05, 0.1) is 19.4 Å². The summed E-state index contributed by atoms with van der Waals surface area (Å²) in [4.78, 5) is 65.3. The van der Waals surface area contributed by atoms with Crippen molar-refractivity contribution in [1.29, 1.82) is 0 Å². The number of ether oxygens (including phenoxy) is 2. The van der Waals surface area contributed by atoms with Crippen molar-refractivity contribution in [1.82, 2.24) is 15.5 Å². The number of carbonyl (C=O) groups excluding carboxylic acids is 5. The summed E-state index contributed by atoms with van der Waals surface area (Å²) in [5, 5.41) is 16.0. The molecule has 0 saturated heterocycles. The molecule has 0 aliphatic rings. The number of aromatic hydroxyl groups is 1. The van der Waals surface area contributed by atoms with Crippen LogP contribution in [0, 0.1) is 6.92 Å². The van der Waals surface area contributed by atoms with E-state index in [1.165, 1.54) is 11.0 Å². The second kappa shape index (κ2) is 17.1. The maximum absolute atomic E-state index is 14.0. The Kier molecular flexibility index (Phi) is 14.7. The minimum atomic E-state index is -1.43. The maximum atomic E-state index is 14.0. The van der Waals surface area contributed by atoms with Gasteiger partial charge in [-0.05, 0) is 46.6 Å². The summed E-state index contributed by atoms with van der Waals surface area (Å²) in [7, 11) is 0. The van der Waals surface area contributed by atoms with E-state index in [0.29, 0.717) is 12.0 Å². The van der Waals surface area contributed by atoms with E-state index < -0.39 is 53.9 Å². The first-order chi connectivity index (χ1) is 19.2. The topological polar surface area (TPSA) is 177 Å². The molecule has 2 unspecified atom stereocenters. The van der Waals surface area contributed by atoms with E-state index in [-0.39, 0.29) is 37.4 Å². The van der Waals surface area contributed by atoms with Crippen molar-refractivity contribution < 1.29 is 38.6 Å². The van der Waals surface area contributed by atoms with Gasteiger partial charge < -0.3 is 35.8 Å². The van der Waals surface area contributed by atoms with Gasteiger partial charge in [0.1, 0.15) is 23.4 Å². The zero-order chi connectivity index (χ0) is 31.2. The molecule has 12 heteroatoms. The number of carbonyl (C=O) groups is 5. The number of nitrogens with two attached hydrogens (primary N) is 1. The Morgan fingerprint density at radius 1 is 1.07 bits per heavy atom. The number of alkyl carbamates (subject to hydrolysis) is 1. The summed E-state index contributed by atoms with van der Waals surface area (Å²) in [6.45, 7) is 10.5. The molecule has 5 N–H and O–H groups in total. The highest BCUT2D eigenvalue weighted by molar-refractivity contribution is 5.95. The van der Waals surface area contributed by atoms with Gasteiger partial charge in [0.15, 0.2) is 0 Å². The van der Waals surface area contributed by atoms with Gasteiger partial charge in [-0.15, -0.1) is 0 Å². The van der Waals surface area contributed by atoms with Gasteiger partial charge in [0, 0.05) is 18.7 Å². The number of hydrogen-bond donors (Lipinski definition) is 4. The van der Waals surface area contributed by atoms with Gasteiger partial charge >= 0.3 is 12.1 Å². The Hall–Kier alpha value is -3.83. The summed E-state index contributed by atoms with van der Waals surface area (Å²) in [6.07, 6.45) is 1.49. The van der Waals surface area contributed by atoms with Gasteiger partial charge in [0.2, 0.25) is 17.7 Å². The molecule has 0 aromatic heterocycles. The van der Waals surface area contributed by atoms with Crippen LogP contribution in [-0.4, -0.2) is 71.1 Å². The predicted octanol–water partition coefficient (Wildman–Crippen LogP) is 2.99. The molecule has 1 aromatic carbocycles. The molecule has 0 heterocycles. The minimum absolute atomic E-state index is 0.0700. The molecule has 0 aliphatic heterocycles. The zero-order valence-corrected chi connectivity index (χ0v) is 25.1. The molecule has 41 heavy (non-hydrogen) atoms. The first-order valence-corrected chi connectivity index (χ1v) is 14.0. The first kappa shape index (κ1) is 35.2. The summed E-state index contributed by atoms with van der Waals surface area (Å²) in [5.41, 5.74) is 5.17. The molecule has 0 bridgehead atoms. The summed E-state index contributed by atoms with van der Waals surface area (Å²) in [6, 6.07) is 2.04. The van der Waals surface area contributed by atoms with E-state index in [0.717, 1.165) is 19.3 Å². The van der Waals surface area contributed by atoms with E-state index in [9.17, 15) is 29.1 Å². The fourth-order valence-electron chi connectivity index (χ4n) is 4.10. The summed E-state index contributed by atoms with van der Waals surface area (Å²) >= 11 is 0. The molecule has 0 fully saturated rings. The summed E-state index contributed by atoms with van der Waals surface area (Å²) < 4.78 is 10.2. The zero-order valence-electron chi connectivity index (χ0n) is 25.1. The second-order valence-electron chi connectivity index (χ2n) is 10.7. The van der Waals surface area contributed by atoms with Gasteiger partial charge in [-0.1, -0.05) is 44.4 Å². The molecule has 4 amide bonds. The average molecular weight is 579 g/mol. The fraction of sp³-hybridized carbons (Fsp3) is 0.621. The number of primary amides is 1. The van der Waals surface area contributed by atoms with Gasteiger partial charge in [0.25, 0.3) is 0 Å². The number of para-hydroxylation sites is 1. The third kappa shape index (κ3) is 12.5. The third-order valence-electron chi connectivity index (χ3n) is 5.99. The van der Waals surface area contributed by atoms with E-state index in [2.05, 4.69) is 10.6 Å². The van der Waals surface area contributed by atoms with E-state index in [1.807, 2.05) is 6.92 Å². The molecule has 0 spiro atoms. The Morgan fingerprint density at radius 2 is 1.76 bits per heavy atom. The second-order valence-corrected chi connectivity index (χ2v) is 10.7. The van der Waals surface area contributed by atoms with E-state index in [1.54, 1.807) is 46.8 Å². The van der Waals surface area contributed by atoms with Crippen molar-refractivity contribution in [2.75, 3.05) is 19.7 Å². The Morgan fingerprint density at radius 3 is 2.34 bits per heavy atom.